The molecule has 25 heavy (non-hydrogen) atoms. The summed E-state index contributed by atoms with van der Waals surface area (Å²) in [5.74, 6) is 0. The van der Waals surface area contributed by atoms with Crippen LogP contribution >= 0.6 is 11.8 Å². The van der Waals surface area contributed by atoms with Crippen molar-refractivity contribution in [3.8, 4) is 0 Å². The molecular weight excluding hydrogens is 328 g/mol. The molecule has 1 N–H and O–H groups in total. The molecule has 0 saturated carbocycles. The molecule has 0 bridgehead atoms. The molecule has 4 heteroatoms. The second-order valence-electron chi connectivity index (χ2n) is 6.22. The van der Waals surface area contributed by atoms with Crippen LogP contribution in [0.25, 0.3) is 11.0 Å². The second kappa shape index (κ2) is 5.48. The number of benzene rings is 3. The normalized spacial score (nSPS) is 22.2. The Labute approximate surface area is 150 Å². The Morgan fingerprint density at radius 2 is 1.48 bits per heavy atom. The monoisotopic (exact) mass is 344 g/mol. The lowest BCUT2D eigenvalue weighted by atomic mass is 9.93. The first kappa shape index (κ1) is 14.8. The van der Waals surface area contributed by atoms with Gasteiger partial charge < -0.3 is 5.11 Å². The Bertz CT molecular complexity index is 1050. The van der Waals surface area contributed by atoms with Crippen molar-refractivity contribution in [3.05, 3.63) is 96.1 Å². The second-order valence-corrected chi connectivity index (χ2v) is 7.29. The van der Waals surface area contributed by atoms with Gasteiger partial charge in [-0.15, -0.1) is 0 Å². The molecule has 0 fully saturated rings. The summed E-state index contributed by atoms with van der Waals surface area (Å²) in [6.45, 7) is 0. The third-order valence-corrected chi connectivity index (χ3v) is 6.08. The van der Waals surface area contributed by atoms with Gasteiger partial charge in [-0.2, -0.15) is 0 Å². The van der Waals surface area contributed by atoms with Crippen LogP contribution in [0.5, 0.6) is 0 Å². The molecule has 0 radical (unpaired) electrons. The lowest BCUT2D eigenvalue weighted by Crippen LogP contribution is -2.36. The van der Waals surface area contributed by atoms with Crippen molar-refractivity contribution < 1.29 is 5.11 Å². The summed E-state index contributed by atoms with van der Waals surface area (Å²) >= 11 is 1.62. The van der Waals surface area contributed by atoms with Crippen molar-refractivity contribution in [3.63, 3.8) is 0 Å². The molecule has 1 aliphatic rings. The average Bonchev–Trinajstić information content (AvgIpc) is 3.19. The number of nitrogens with zero attached hydrogens (tertiary/aromatic N) is 2. The molecule has 1 aromatic heterocycles. The lowest BCUT2D eigenvalue weighted by molar-refractivity contribution is 0.00642. The van der Waals surface area contributed by atoms with Gasteiger partial charge in [0.15, 0.2) is 10.9 Å². The van der Waals surface area contributed by atoms with E-state index in [4.69, 9.17) is 4.98 Å². The van der Waals surface area contributed by atoms with E-state index in [0.29, 0.717) is 0 Å². The van der Waals surface area contributed by atoms with E-state index in [9.17, 15) is 5.11 Å². The summed E-state index contributed by atoms with van der Waals surface area (Å²) in [5, 5.41) is 12.7. The topological polar surface area (TPSA) is 38.1 Å². The number of imidazole rings is 1. The number of hydrogen-bond donors (Lipinski definition) is 1. The van der Waals surface area contributed by atoms with Gasteiger partial charge in [-0.25, -0.2) is 4.98 Å². The minimum atomic E-state index is -1.18. The highest BCUT2D eigenvalue weighted by molar-refractivity contribution is 7.99. The Kier molecular flexibility index (Phi) is 3.23. The Balaban J connectivity index is 1.80. The van der Waals surface area contributed by atoms with E-state index >= 15 is 0 Å². The van der Waals surface area contributed by atoms with Gasteiger partial charge in [0.2, 0.25) is 0 Å². The van der Waals surface area contributed by atoms with Crippen LogP contribution in [-0.2, 0) is 5.72 Å². The summed E-state index contributed by atoms with van der Waals surface area (Å²) < 4.78 is 1.99. The van der Waals surface area contributed by atoms with Gasteiger partial charge in [0.25, 0.3) is 0 Å². The quantitative estimate of drug-likeness (QED) is 0.578. The first-order chi connectivity index (χ1) is 12.3. The van der Waals surface area contributed by atoms with Crippen molar-refractivity contribution in [2.24, 2.45) is 0 Å². The van der Waals surface area contributed by atoms with Crippen molar-refractivity contribution in [2.45, 2.75) is 16.1 Å². The highest BCUT2D eigenvalue weighted by Gasteiger charge is 2.50. The van der Waals surface area contributed by atoms with Crippen LogP contribution in [0.4, 0.5) is 0 Å². The fourth-order valence-electron chi connectivity index (χ4n) is 3.61. The third kappa shape index (κ3) is 2.08. The zero-order valence-electron chi connectivity index (χ0n) is 13.4. The first-order valence-corrected chi connectivity index (χ1v) is 9.14. The van der Waals surface area contributed by atoms with Gasteiger partial charge in [0, 0.05) is 5.56 Å². The van der Waals surface area contributed by atoms with Gasteiger partial charge in [-0.1, -0.05) is 84.6 Å². The van der Waals surface area contributed by atoms with Crippen molar-refractivity contribution >= 4 is 22.8 Å². The number of hydrogen-bond acceptors (Lipinski definition) is 3. The van der Waals surface area contributed by atoms with E-state index in [1.165, 1.54) is 0 Å². The molecule has 0 amide bonds. The van der Waals surface area contributed by atoms with E-state index < -0.39 is 5.72 Å². The van der Waals surface area contributed by atoms with Crippen LogP contribution in [0.3, 0.4) is 0 Å². The van der Waals surface area contributed by atoms with Crippen molar-refractivity contribution in [1.29, 1.82) is 0 Å². The van der Waals surface area contributed by atoms with E-state index in [1.54, 1.807) is 11.8 Å². The molecule has 2 atom stereocenters. The Morgan fingerprint density at radius 1 is 0.840 bits per heavy atom. The molecule has 0 saturated heterocycles. The maximum absolute atomic E-state index is 12.0. The zero-order valence-corrected chi connectivity index (χ0v) is 14.2. The van der Waals surface area contributed by atoms with Gasteiger partial charge in [0.05, 0.1) is 16.3 Å². The molecular formula is C21H16N2OS. The third-order valence-electron chi connectivity index (χ3n) is 4.76. The fourth-order valence-corrected chi connectivity index (χ4v) is 5.01. The summed E-state index contributed by atoms with van der Waals surface area (Å²) in [4.78, 5) is 4.76. The van der Waals surface area contributed by atoms with Crippen LogP contribution < -0.4 is 0 Å². The van der Waals surface area contributed by atoms with Crippen LogP contribution in [0.2, 0.25) is 0 Å². The zero-order chi connectivity index (χ0) is 16.9. The van der Waals surface area contributed by atoms with E-state index in [-0.39, 0.29) is 5.25 Å². The number of aromatic nitrogens is 2. The molecule has 0 spiro atoms. The predicted molar refractivity (Wildman–Crippen MR) is 101 cm³/mol. The highest BCUT2D eigenvalue weighted by atomic mass is 32.2. The van der Waals surface area contributed by atoms with E-state index in [0.717, 1.165) is 27.3 Å². The molecule has 2 unspecified atom stereocenters. The maximum Gasteiger partial charge on any atom is 0.187 e. The van der Waals surface area contributed by atoms with E-state index in [2.05, 4.69) is 12.1 Å². The molecule has 122 valence electrons. The number of aliphatic hydroxyl groups is 1. The number of fused-ring (bicyclic) bond motifs is 3. The molecule has 5 rings (SSSR count). The summed E-state index contributed by atoms with van der Waals surface area (Å²) in [6.07, 6.45) is 0. The number of rotatable bonds is 2. The largest absolute Gasteiger partial charge is 0.365 e. The number of thioether (sulfide) groups is 1. The first-order valence-electron chi connectivity index (χ1n) is 8.26. The highest BCUT2D eigenvalue weighted by Crippen LogP contribution is 2.56. The fraction of sp³-hybridized carbons (Fsp3) is 0.0952. The molecule has 1 aliphatic heterocycles. The summed E-state index contributed by atoms with van der Waals surface area (Å²) in [5.41, 5.74) is 2.64. The minimum Gasteiger partial charge on any atom is -0.365 e. The van der Waals surface area contributed by atoms with Crippen LogP contribution in [0.1, 0.15) is 16.4 Å². The lowest BCUT2D eigenvalue weighted by Gasteiger charge is -2.32. The van der Waals surface area contributed by atoms with Gasteiger partial charge in [-0.05, 0) is 17.7 Å². The molecule has 0 aliphatic carbocycles. The van der Waals surface area contributed by atoms with Crippen molar-refractivity contribution in [2.75, 3.05) is 0 Å². The predicted octanol–water partition coefficient (Wildman–Crippen LogP) is 4.58. The summed E-state index contributed by atoms with van der Waals surface area (Å²) in [6, 6.07) is 28.0. The molecule has 2 heterocycles. The Hall–Kier alpha value is -2.56. The van der Waals surface area contributed by atoms with Crippen LogP contribution in [-0.4, -0.2) is 14.7 Å². The molecule has 4 aromatic rings. The van der Waals surface area contributed by atoms with E-state index in [1.807, 2.05) is 77.4 Å². The minimum absolute atomic E-state index is 0.150. The molecule has 3 aromatic carbocycles. The van der Waals surface area contributed by atoms with Gasteiger partial charge in [-0.3, -0.25) is 4.57 Å². The summed E-state index contributed by atoms with van der Waals surface area (Å²) in [7, 11) is 0. The van der Waals surface area contributed by atoms with Crippen molar-refractivity contribution in [1.82, 2.24) is 9.55 Å². The van der Waals surface area contributed by atoms with Crippen LogP contribution in [0.15, 0.2) is 90.1 Å². The van der Waals surface area contributed by atoms with Crippen LogP contribution in [0, 0.1) is 0 Å². The number of para-hydroxylation sites is 2. The Morgan fingerprint density at radius 3 is 2.24 bits per heavy atom. The van der Waals surface area contributed by atoms with Gasteiger partial charge in [0.1, 0.15) is 0 Å². The smallest absolute Gasteiger partial charge is 0.187 e. The standard InChI is InChI=1S/C21H16N2OS/c24-21(16-11-5-2-6-12-16)19(15-9-3-1-4-10-15)25-20-22-17-13-7-8-14-18(17)23(20)21/h1-14,19,24H. The maximum atomic E-state index is 12.0. The average molecular weight is 344 g/mol. The van der Waals surface area contributed by atoms with Gasteiger partial charge >= 0.3 is 0 Å². The SMILES string of the molecule is OC1(c2ccccc2)C(c2ccccc2)Sc2nc3ccccc3n21. The molecule has 3 nitrogen and oxygen atoms in total.